The number of halogens is 2. The number of allylic oxidation sites excluding steroid dienone is 2. The Bertz CT molecular complexity index is 938. The summed E-state index contributed by atoms with van der Waals surface area (Å²) in [6, 6.07) is 17.3. The fourth-order valence-electron chi connectivity index (χ4n) is 3.71. The van der Waals surface area contributed by atoms with Crippen LogP contribution in [-0.2, 0) is 0 Å². The lowest BCUT2D eigenvalue weighted by atomic mass is 9.88. The van der Waals surface area contributed by atoms with Crippen molar-refractivity contribution >= 4 is 35.8 Å². The van der Waals surface area contributed by atoms with Crippen molar-refractivity contribution in [2.75, 3.05) is 0 Å². The van der Waals surface area contributed by atoms with Gasteiger partial charge in [-0.2, -0.15) is 0 Å². The highest BCUT2D eigenvalue weighted by Crippen LogP contribution is 2.33. The van der Waals surface area contributed by atoms with E-state index in [-0.39, 0.29) is 11.4 Å². The average molecular weight is 458 g/mol. The third-order valence-electron chi connectivity index (χ3n) is 5.47. The Balaban J connectivity index is 0.000000269. The third-order valence-corrected chi connectivity index (χ3v) is 6.67. The molecule has 1 heterocycles. The normalized spacial score (nSPS) is 23.5. The van der Waals surface area contributed by atoms with E-state index in [1.165, 1.54) is 27.8 Å². The molecule has 0 saturated carbocycles. The summed E-state index contributed by atoms with van der Waals surface area (Å²) in [6.07, 6.45) is 8.38. The van der Waals surface area contributed by atoms with Gasteiger partial charge in [-0.05, 0) is 63.0 Å². The lowest BCUT2D eigenvalue weighted by Crippen LogP contribution is -2.38. The summed E-state index contributed by atoms with van der Waals surface area (Å²) in [5.41, 5.74) is 6.52. The molecule has 4 rings (SSSR count). The van der Waals surface area contributed by atoms with Gasteiger partial charge in [-0.3, -0.25) is 5.32 Å². The zero-order chi connectivity index (χ0) is 21.7. The topological polar surface area (TPSA) is 12.0 Å². The van der Waals surface area contributed by atoms with Gasteiger partial charge in [-0.15, -0.1) is 24.2 Å². The molecule has 1 aliphatic heterocycles. The van der Waals surface area contributed by atoms with Crippen LogP contribution in [0.3, 0.4) is 0 Å². The van der Waals surface area contributed by atoms with Gasteiger partial charge in [0.15, 0.2) is 0 Å². The van der Waals surface area contributed by atoms with Crippen molar-refractivity contribution in [3.8, 4) is 0 Å². The van der Waals surface area contributed by atoms with E-state index in [1.54, 1.807) is 0 Å². The molecule has 0 aromatic heterocycles. The van der Waals surface area contributed by atoms with E-state index in [0.29, 0.717) is 6.04 Å². The Labute approximate surface area is 196 Å². The van der Waals surface area contributed by atoms with E-state index < -0.39 is 0 Å². The molecule has 3 unspecified atom stereocenters. The van der Waals surface area contributed by atoms with Gasteiger partial charge in [0.1, 0.15) is 0 Å². The monoisotopic (exact) mass is 457 g/mol. The molecule has 0 spiro atoms. The zero-order valence-electron chi connectivity index (χ0n) is 17.7. The van der Waals surface area contributed by atoms with Gasteiger partial charge in [-0.1, -0.05) is 76.9 Å². The largest absolute Gasteiger partial charge is 0.299 e. The number of alkyl halides is 1. The second kappa shape index (κ2) is 10.7. The molecular formula is C26H29Cl2NS. The van der Waals surface area contributed by atoms with Gasteiger partial charge in [0.25, 0.3) is 0 Å². The van der Waals surface area contributed by atoms with Crippen molar-refractivity contribution < 1.29 is 0 Å². The van der Waals surface area contributed by atoms with Crippen LogP contribution in [0.5, 0.6) is 0 Å². The minimum atomic E-state index is -0.0705. The maximum Gasteiger partial charge on any atom is 0.0726 e. The minimum absolute atomic E-state index is 0.0705. The molecular weight excluding hydrogens is 429 g/mol. The molecule has 3 atom stereocenters. The molecule has 158 valence electrons. The first-order valence-corrected chi connectivity index (χ1v) is 11.6. The Morgan fingerprint density at radius 3 is 2.30 bits per heavy atom. The van der Waals surface area contributed by atoms with E-state index in [1.807, 2.05) is 30.3 Å². The number of nitrogens with one attached hydrogen (secondary N) is 1. The smallest absolute Gasteiger partial charge is 0.0726 e. The standard InChI is InChI=1S/C19H21Cl2N.C7H8S/c1-12-4-3-5-15(10-12)19-13(2)6-9-18(22-19)14-7-8-16(20)17(21)11-14;1-6-2-4-7(8)5-3-6/h3-7,10-11,16,18-19,22H,8-9H2,1-2H3;2-5,8H,1H3. The van der Waals surface area contributed by atoms with Crippen LogP contribution in [0, 0.1) is 13.8 Å². The molecule has 1 aliphatic carbocycles. The summed E-state index contributed by atoms with van der Waals surface area (Å²) in [5.74, 6) is 0. The lowest BCUT2D eigenvalue weighted by Gasteiger charge is -2.33. The van der Waals surface area contributed by atoms with Gasteiger partial charge in [0.2, 0.25) is 0 Å². The van der Waals surface area contributed by atoms with E-state index >= 15 is 0 Å². The predicted molar refractivity (Wildman–Crippen MR) is 134 cm³/mol. The van der Waals surface area contributed by atoms with E-state index in [2.05, 4.69) is 75.1 Å². The van der Waals surface area contributed by atoms with Crippen LogP contribution in [0.25, 0.3) is 0 Å². The van der Waals surface area contributed by atoms with E-state index in [9.17, 15) is 0 Å². The molecule has 1 N–H and O–H groups in total. The first-order chi connectivity index (χ1) is 14.3. The van der Waals surface area contributed by atoms with Crippen LogP contribution in [0.4, 0.5) is 0 Å². The van der Waals surface area contributed by atoms with E-state index in [4.69, 9.17) is 23.2 Å². The first kappa shape index (κ1) is 23.2. The van der Waals surface area contributed by atoms with Crippen LogP contribution >= 0.6 is 35.8 Å². The second-order valence-corrected chi connectivity index (χ2v) is 9.50. The molecule has 0 saturated heterocycles. The van der Waals surface area contributed by atoms with Crippen molar-refractivity contribution in [3.05, 3.63) is 99.6 Å². The lowest BCUT2D eigenvalue weighted by molar-refractivity contribution is 0.489. The molecule has 2 aromatic rings. The summed E-state index contributed by atoms with van der Waals surface area (Å²) in [4.78, 5) is 1.02. The number of aryl methyl sites for hydroxylation is 2. The van der Waals surface area contributed by atoms with Gasteiger partial charge in [0.05, 0.1) is 11.4 Å². The van der Waals surface area contributed by atoms with Crippen molar-refractivity contribution in [2.24, 2.45) is 0 Å². The van der Waals surface area contributed by atoms with E-state index in [0.717, 1.165) is 22.8 Å². The molecule has 30 heavy (non-hydrogen) atoms. The van der Waals surface area contributed by atoms with Gasteiger partial charge in [-0.25, -0.2) is 0 Å². The summed E-state index contributed by atoms with van der Waals surface area (Å²) in [6.45, 7) is 6.39. The quantitative estimate of drug-likeness (QED) is 0.267. The molecule has 2 aromatic carbocycles. The van der Waals surface area contributed by atoms with Gasteiger partial charge < -0.3 is 0 Å². The maximum atomic E-state index is 6.23. The highest BCUT2D eigenvalue weighted by Gasteiger charge is 2.26. The number of hydrogen-bond acceptors (Lipinski definition) is 2. The number of rotatable bonds is 2. The Morgan fingerprint density at radius 2 is 1.67 bits per heavy atom. The van der Waals surface area contributed by atoms with Crippen molar-refractivity contribution in [1.82, 2.24) is 5.32 Å². The van der Waals surface area contributed by atoms with Crippen LogP contribution in [-0.4, -0.2) is 11.4 Å². The van der Waals surface area contributed by atoms with Crippen LogP contribution in [0.15, 0.2) is 87.8 Å². The highest BCUT2D eigenvalue weighted by molar-refractivity contribution is 7.80. The molecule has 4 heteroatoms. The Hall–Kier alpha value is -1.45. The molecule has 2 aliphatic rings. The summed E-state index contributed by atoms with van der Waals surface area (Å²) < 4.78 is 0. The Kier molecular flexibility index (Phi) is 8.30. The summed E-state index contributed by atoms with van der Waals surface area (Å²) in [5, 5.41) is 4.45. The Morgan fingerprint density at radius 1 is 0.933 bits per heavy atom. The fourth-order valence-corrected chi connectivity index (χ4v) is 4.23. The number of benzene rings is 2. The van der Waals surface area contributed by atoms with Crippen LogP contribution in [0.2, 0.25) is 0 Å². The fraction of sp³-hybridized carbons (Fsp3) is 0.308. The SMILES string of the molecule is CC1=CCC(C2=CCC(Cl)C(Cl)=C2)NC1c1cccc(C)c1.Cc1ccc(S)cc1. The molecule has 1 nitrogen and oxygen atoms in total. The van der Waals surface area contributed by atoms with Gasteiger partial charge in [0, 0.05) is 16.0 Å². The minimum Gasteiger partial charge on any atom is -0.299 e. The maximum absolute atomic E-state index is 6.23. The number of hydrogen-bond donors (Lipinski definition) is 2. The second-order valence-electron chi connectivity index (χ2n) is 8.02. The molecule has 0 fully saturated rings. The van der Waals surface area contributed by atoms with Crippen molar-refractivity contribution in [2.45, 2.75) is 56.0 Å². The molecule has 0 amide bonds. The third kappa shape index (κ3) is 6.28. The van der Waals surface area contributed by atoms with Crippen molar-refractivity contribution in [1.29, 1.82) is 0 Å². The van der Waals surface area contributed by atoms with Gasteiger partial charge >= 0.3 is 0 Å². The average Bonchev–Trinajstić information content (AvgIpc) is 2.73. The summed E-state index contributed by atoms with van der Waals surface area (Å²) >= 11 is 16.5. The summed E-state index contributed by atoms with van der Waals surface area (Å²) in [7, 11) is 0. The first-order valence-electron chi connectivity index (χ1n) is 10.3. The zero-order valence-corrected chi connectivity index (χ0v) is 20.1. The number of thiol groups is 1. The highest BCUT2D eigenvalue weighted by atomic mass is 35.5. The van der Waals surface area contributed by atoms with Crippen LogP contribution < -0.4 is 5.32 Å². The molecule has 0 bridgehead atoms. The van der Waals surface area contributed by atoms with Crippen molar-refractivity contribution in [3.63, 3.8) is 0 Å². The van der Waals surface area contributed by atoms with Crippen LogP contribution in [0.1, 0.15) is 42.5 Å². The molecule has 0 radical (unpaired) electrons. The predicted octanol–water partition coefficient (Wildman–Crippen LogP) is 7.69.